The second-order valence-corrected chi connectivity index (χ2v) is 7.45. The van der Waals surface area contributed by atoms with Crippen LogP contribution in [0.4, 0.5) is 0 Å². The fourth-order valence-electron chi connectivity index (χ4n) is 4.01. The van der Waals surface area contributed by atoms with E-state index < -0.39 is 12.1 Å². The molecule has 1 heterocycles. The molecular formula is C27H24O4. The van der Waals surface area contributed by atoms with Crippen LogP contribution in [0.5, 0.6) is 0 Å². The standard InChI is InChI=1S/C27H24O4/c1-2-21(19-7-4-3-5-8-19)26(20-14-11-18(12-15-20)13-16-25(29)30)23-17-31-27-22(23)9-6-10-24(27)28/h3-9,11-17,24,28H,2,10H2,1H3,(H,29,30)/b16-13+,26-21+. The van der Waals surface area contributed by atoms with Crippen molar-refractivity contribution >= 4 is 29.3 Å². The van der Waals surface area contributed by atoms with Crippen LogP contribution in [-0.4, -0.2) is 16.2 Å². The molecule has 1 aliphatic carbocycles. The molecule has 0 saturated carbocycles. The molecule has 31 heavy (non-hydrogen) atoms. The number of benzene rings is 2. The van der Waals surface area contributed by atoms with Gasteiger partial charge in [0.25, 0.3) is 0 Å². The number of furan rings is 1. The van der Waals surface area contributed by atoms with Gasteiger partial charge in [-0.15, -0.1) is 0 Å². The quantitative estimate of drug-likeness (QED) is 0.374. The number of hydrogen-bond acceptors (Lipinski definition) is 3. The van der Waals surface area contributed by atoms with Crippen LogP contribution >= 0.6 is 0 Å². The molecule has 156 valence electrons. The summed E-state index contributed by atoms with van der Waals surface area (Å²) in [5.74, 6) is -0.378. The van der Waals surface area contributed by atoms with E-state index in [2.05, 4.69) is 19.1 Å². The number of carboxylic acid groups (broad SMARTS) is 1. The van der Waals surface area contributed by atoms with Gasteiger partial charge in [0.05, 0.1) is 6.26 Å². The predicted octanol–water partition coefficient (Wildman–Crippen LogP) is 6.20. The van der Waals surface area contributed by atoms with Crippen molar-refractivity contribution in [1.82, 2.24) is 0 Å². The zero-order chi connectivity index (χ0) is 21.8. The van der Waals surface area contributed by atoms with Gasteiger partial charge in [-0.2, -0.15) is 0 Å². The van der Waals surface area contributed by atoms with E-state index in [9.17, 15) is 9.90 Å². The Morgan fingerprint density at radius 2 is 1.84 bits per heavy atom. The van der Waals surface area contributed by atoms with Gasteiger partial charge < -0.3 is 14.6 Å². The molecule has 0 amide bonds. The first-order valence-electron chi connectivity index (χ1n) is 10.3. The number of aliphatic carboxylic acids is 1. The molecule has 4 nitrogen and oxygen atoms in total. The van der Waals surface area contributed by atoms with E-state index in [0.717, 1.165) is 45.9 Å². The molecule has 0 aliphatic heterocycles. The normalized spacial score (nSPS) is 16.3. The lowest BCUT2D eigenvalue weighted by Gasteiger charge is -2.17. The van der Waals surface area contributed by atoms with Crippen molar-refractivity contribution in [2.24, 2.45) is 0 Å². The molecule has 2 aromatic carbocycles. The number of aliphatic hydroxyl groups is 1. The zero-order valence-corrected chi connectivity index (χ0v) is 17.3. The second-order valence-electron chi connectivity index (χ2n) is 7.45. The predicted molar refractivity (Wildman–Crippen MR) is 123 cm³/mol. The molecule has 1 atom stereocenters. The highest BCUT2D eigenvalue weighted by Gasteiger charge is 2.25. The molecule has 3 aromatic rings. The summed E-state index contributed by atoms with van der Waals surface area (Å²) in [4.78, 5) is 10.8. The number of fused-ring (bicyclic) bond motifs is 1. The van der Waals surface area contributed by atoms with Crippen molar-refractivity contribution in [2.75, 3.05) is 0 Å². The maximum absolute atomic E-state index is 10.8. The molecule has 0 spiro atoms. The average Bonchev–Trinajstić information content (AvgIpc) is 3.22. The van der Waals surface area contributed by atoms with Crippen molar-refractivity contribution in [3.63, 3.8) is 0 Å². The Hall–Kier alpha value is -3.63. The number of rotatable bonds is 6. The third-order valence-corrected chi connectivity index (χ3v) is 5.47. The molecule has 4 rings (SSSR count). The summed E-state index contributed by atoms with van der Waals surface area (Å²) in [5, 5.41) is 19.2. The first-order valence-corrected chi connectivity index (χ1v) is 10.3. The number of allylic oxidation sites excluding steroid dienone is 1. The van der Waals surface area contributed by atoms with Gasteiger partial charge in [0.15, 0.2) is 0 Å². The maximum atomic E-state index is 10.8. The minimum Gasteiger partial charge on any atom is -0.478 e. The van der Waals surface area contributed by atoms with E-state index in [-0.39, 0.29) is 0 Å². The van der Waals surface area contributed by atoms with Crippen LogP contribution in [0.25, 0.3) is 23.3 Å². The number of carbonyl (C=O) groups is 1. The Bertz CT molecular complexity index is 1160. The van der Waals surface area contributed by atoms with Gasteiger partial charge in [0.1, 0.15) is 11.9 Å². The molecular weight excluding hydrogens is 388 g/mol. The highest BCUT2D eigenvalue weighted by molar-refractivity contribution is 6.00. The summed E-state index contributed by atoms with van der Waals surface area (Å²) in [7, 11) is 0. The Morgan fingerprint density at radius 3 is 2.52 bits per heavy atom. The Labute approximate surface area is 181 Å². The van der Waals surface area contributed by atoms with Crippen molar-refractivity contribution < 1.29 is 19.4 Å². The van der Waals surface area contributed by atoms with Crippen LogP contribution in [0.2, 0.25) is 0 Å². The molecule has 0 bridgehead atoms. The van der Waals surface area contributed by atoms with E-state index in [0.29, 0.717) is 12.2 Å². The zero-order valence-electron chi connectivity index (χ0n) is 17.3. The average molecular weight is 412 g/mol. The molecule has 0 radical (unpaired) electrons. The minimum atomic E-state index is -0.975. The lowest BCUT2D eigenvalue weighted by atomic mass is 9.86. The van der Waals surface area contributed by atoms with E-state index in [4.69, 9.17) is 9.52 Å². The van der Waals surface area contributed by atoms with Gasteiger partial charge in [-0.3, -0.25) is 0 Å². The van der Waals surface area contributed by atoms with Gasteiger partial charge in [0.2, 0.25) is 0 Å². The number of aliphatic hydroxyl groups excluding tert-OH is 1. The van der Waals surface area contributed by atoms with Crippen LogP contribution in [0.15, 0.2) is 77.4 Å². The number of hydrogen-bond donors (Lipinski definition) is 2. The molecule has 0 fully saturated rings. The Morgan fingerprint density at radius 1 is 1.10 bits per heavy atom. The van der Waals surface area contributed by atoms with Gasteiger partial charge >= 0.3 is 5.97 Å². The molecule has 1 aromatic heterocycles. The van der Waals surface area contributed by atoms with Gasteiger partial charge in [-0.05, 0) is 46.8 Å². The summed E-state index contributed by atoms with van der Waals surface area (Å²) in [5.41, 5.74) is 7.02. The molecule has 0 saturated heterocycles. The maximum Gasteiger partial charge on any atom is 0.328 e. The van der Waals surface area contributed by atoms with Crippen molar-refractivity contribution in [1.29, 1.82) is 0 Å². The van der Waals surface area contributed by atoms with E-state index >= 15 is 0 Å². The second kappa shape index (κ2) is 9.02. The summed E-state index contributed by atoms with van der Waals surface area (Å²) in [6.07, 6.45) is 9.14. The summed E-state index contributed by atoms with van der Waals surface area (Å²) >= 11 is 0. The molecule has 2 N–H and O–H groups in total. The first kappa shape index (κ1) is 20.6. The molecule has 4 heteroatoms. The third kappa shape index (κ3) is 4.30. The summed E-state index contributed by atoms with van der Waals surface area (Å²) in [6.45, 7) is 2.13. The Kier molecular flexibility index (Phi) is 6.01. The largest absolute Gasteiger partial charge is 0.478 e. The Balaban J connectivity index is 1.90. The number of carboxylic acids is 1. The fourth-order valence-corrected chi connectivity index (χ4v) is 4.01. The lowest BCUT2D eigenvalue weighted by Crippen LogP contribution is -2.02. The van der Waals surface area contributed by atoms with E-state index in [1.54, 1.807) is 12.3 Å². The van der Waals surface area contributed by atoms with Crippen LogP contribution in [0.1, 0.15) is 59.4 Å². The van der Waals surface area contributed by atoms with Crippen molar-refractivity contribution in [3.8, 4) is 0 Å². The van der Waals surface area contributed by atoms with E-state index in [1.807, 2.05) is 54.6 Å². The van der Waals surface area contributed by atoms with Crippen molar-refractivity contribution in [3.05, 3.63) is 107 Å². The topological polar surface area (TPSA) is 70.7 Å². The highest BCUT2D eigenvalue weighted by Crippen LogP contribution is 2.41. The first-order chi connectivity index (χ1) is 15.1. The smallest absolute Gasteiger partial charge is 0.328 e. The van der Waals surface area contributed by atoms with Gasteiger partial charge in [-0.1, -0.05) is 73.7 Å². The lowest BCUT2D eigenvalue weighted by molar-refractivity contribution is -0.131. The summed E-state index contributed by atoms with van der Waals surface area (Å²) in [6, 6.07) is 18.1. The molecule has 1 unspecified atom stereocenters. The molecule has 1 aliphatic rings. The third-order valence-electron chi connectivity index (χ3n) is 5.47. The van der Waals surface area contributed by atoms with E-state index in [1.165, 1.54) is 5.57 Å². The van der Waals surface area contributed by atoms with Gasteiger partial charge in [-0.25, -0.2) is 4.79 Å². The minimum absolute atomic E-state index is 0.545. The SMILES string of the molecule is CC/C(=C(/c1ccc(/C=C/C(=O)O)cc1)c1coc2c1C=CCC2O)c1ccccc1. The monoisotopic (exact) mass is 412 g/mol. The summed E-state index contributed by atoms with van der Waals surface area (Å²) < 4.78 is 5.81. The van der Waals surface area contributed by atoms with Crippen LogP contribution in [0.3, 0.4) is 0 Å². The van der Waals surface area contributed by atoms with Crippen LogP contribution in [0, 0.1) is 0 Å². The highest BCUT2D eigenvalue weighted by atomic mass is 16.4. The van der Waals surface area contributed by atoms with Gasteiger partial charge in [0, 0.05) is 17.2 Å². The van der Waals surface area contributed by atoms with Crippen molar-refractivity contribution in [2.45, 2.75) is 25.9 Å². The fraction of sp³-hybridized carbons (Fsp3) is 0.148. The van der Waals surface area contributed by atoms with Crippen LogP contribution < -0.4 is 0 Å². The van der Waals surface area contributed by atoms with Crippen LogP contribution in [-0.2, 0) is 4.79 Å².